The van der Waals surface area contributed by atoms with Crippen molar-refractivity contribution in [3.63, 3.8) is 0 Å². The first kappa shape index (κ1) is 108. The molecule has 0 spiro atoms. The first-order valence-electron chi connectivity index (χ1n) is 46.1. The lowest BCUT2D eigenvalue weighted by molar-refractivity contribution is 0.413. The third-order valence-electron chi connectivity index (χ3n) is 23.7. The van der Waals surface area contributed by atoms with Gasteiger partial charge in [-0.2, -0.15) is 0 Å². The van der Waals surface area contributed by atoms with Gasteiger partial charge in [-0.1, -0.05) is 171 Å². The predicted octanol–water partition coefficient (Wildman–Crippen LogP) is 45.1. The van der Waals surface area contributed by atoms with E-state index < -0.39 is 0 Å². The Morgan fingerprint density at radius 1 is 0.282 bits per heavy atom. The fraction of sp³-hybridized carbons (Fsp3) is 0.469. The number of hydrogen-bond donors (Lipinski definition) is 0. The molecule has 131 heavy (non-hydrogen) atoms. The summed E-state index contributed by atoms with van der Waals surface area (Å²) in [6.07, 6.45) is 4.81. The average molecular weight is 2080 g/mol. The molecule has 0 atom stereocenters. The number of fused-ring (bicyclic) bond motifs is 9. The molecule has 706 valence electrons. The minimum Gasteiger partial charge on any atom is -0.143 e. The monoisotopic (exact) mass is 2080 g/mol. The molecule has 0 bridgehead atoms. The van der Waals surface area contributed by atoms with E-state index in [1.54, 1.807) is 29.3 Å². The van der Waals surface area contributed by atoms with Crippen LogP contribution in [0.1, 0.15) is 310 Å². The fourth-order valence-electron chi connectivity index (χ4n) is 16.2. The van der Waals surface area contributed by atoms with Gasteiger partial charge in [0.1, 0.15) is 0 Å². The Bertz CT molecular complexity index is 6940. The van der Waals surface area contributed by atoms with Gasteiger partial charge < -0.3 is 0 Å². The first-order valence-corrected chi connectivity index (χ1v) is 61.4. The van der Waals surface area contributed by atoms with Gasteiger partial charge in [0.25, 0.3) is 0 Å². The second-order valence-corrected chi connectivity index (χ2v) is 61.2. The van der Waals surface area contributed by atoms with Crippen molar-refractivity contribution in [3.8, 4) is 10.4 Å². The summed E-state index contributed by atoms with van der Waals surface area (Å²) in [4.78, 5) is 13.7. The van der Waals surface area contributed by atoms with E-state index >= 15 is 0 Å². The van der Waals surface area contributed by atoms with Gasteiger partial charge in [0.2, 0.25) is 0 Å². The highest BCUT2D eigenvalue weighted by atomic mass is 32.2. The van der Waals surface area contributed by atoms with Crippen molar-refractivity contribution in [1.29, 1.82) is 0 Å². The van der Waals surface area contributed by atoms with Gasteiger partial charge in [0, 0.05) is 128 Å². The highest BCUT2D eigenvalue weighted by Gasteiger charge is 2.33. The Labute approximate surface area is 860 Å². The van der Waals surface area contributed by atoms with Gasteiger partial charge in [-0.3, -0.25) is 0 Å². The number of aryl methyl sites for hydroxylation is 19. The molecule has 0 radical (unpaired) electrons. The zero-order valence-corrected chi connectivity index (χ0v) is 101. The van der Waals surface area contributed by atoms with Crippen LogP contribution in [0.3, 0.4) is 0 Å². The maximum absolute atomic E-state index is 2.49. The Hall–Kier alpha value is -3.84. The van der Waals surface area contributed by atoms with Gasteiger partial charge in [-0.25, -0.2) is 0 Å². The van der Waals surface area contributed by atoms with E-state index in [2.05, 4.69) is 357 Å². The van der Waals surface area contributed by atoms with Crippen molar-refractivity contribution < 1.29 is 0 Å². The normalized spacial score (nSPS) is 12.3. The van der Waals surface area contributed by atoms with Gasteiger partial charge in [-0.15, -0.1) is 204 Å². The number of benzene rings is 1. The molecule has 0 aliphatic rings. The van der Waals surface area contributed by atoms with Crippen molar-refractivity contribution in [2.75, 3.05) is 0 Å². The SMILES string of the molecule is CCc1sc2c(C)csc2c1C.Cc1cc2sc(-c3c(C(C)(C)C)cc(C(C)(C)C)cc3C(C)(C)C)c(C)c2s1.Cc1csc2c(C)c(C(C)(C)C)sc12.Cc1csc2c(C)c(C(C)C)sc12.Cc1csc2c(C)c(CC(C)(C)C)sc12.Cc1csc2c(C)c(CC(C)(C)C)sc12.Cc1csc2c(C)c(CC(C)C)sc12.Cc1csc2ccsc12.Cc1sc2c(C)csc2c1C. The van der Waals surface area contributed by atoms with Crippen molar-refractivity contribution in [2.24, 2.45) is 16.7 Å². The number of thiophene rings is 18. The lowest BCUT2D eigenvalue weighted by atomic mass is 9.72. The molecule has 18 aromatic heterocycles. The van der Waals surface area contributed by atoms with Crippen LogP contribution in [-0.2, 0) is 47.3 Å². The van der Waals surface area contributed by atoms with Crippen molar-refractivity contribution in [3.05, 3.63) is 217 Å². The molecule has 19 rings (SSSR count). The van der Waals surface area contributed by atoms with Crippen LogP contribution in [0.25, 0.3) is 95.0 Å². The highest BCUT2D eigenvalue weighted by molar-refractivity contribution is 7.32. The first-order chi connectivity index (χ1) is 60.8. The van der Waals surface area contributed by atoms with Crippen LogP contribution in [0.2, 0.25) is 0 Å². The van der Waals surface area contributed by atoms with E-state index in [-0.39, 0.29) is 16.2 Å². The zero-order valence-electron chi connectivity index (χ0n) is 86.3. The zero-order chi connectivity index (χ0) is 97.0. The summed E-state index contributed by atoms with van der Waals surface area (Å²) in [6, 6.07) is 9.52. The Balaban J connectivity index is 0.000000145. The Kier molecular flexibility index (Phi) is 35.4. The molecule has 1 aromatic carbocycles. The largest absolute Gasteiger partial charge is 0.143 e. The molecule has 18 heterocycles. The van der Waals surface area contributed by atoms with Crippen LogP contribution in [0.5, 0.6) is 0 Å². The van der Waals surface area contributed by atoms with E-state index in [0.717, 1.165) is 5.92 Å². The maximum atomic E-state index is 2.49. The molecule has 0 amide bonds. The predicted molar refractivity (Wildman–Crippen MR) is 631 cm³/mol. The van der Waals surface area contributed by atoms with E-state index in [4.69, 9.17) is 0 Å². The topological polar surface area (TPSA) is 0 Å². The van der Waals surface area contributed by atoms with Crippen molar-refractivity contribution >= 4 is 289 Å². The van der Waals surface area contributed by atoms with Crippen LogP contribution in [0, 0.1) is 141 Å². The van der Waals surface area contributed by atoms with Crippen LogP contribution in [0.15, 0.2) is 72.7 Å². The second-order valence-electron chi connectivity index (χ2n) is 43.2. The quantitative estimate of drug-likeness (QED) is 0.149. The third-order valence-corrected chi connectivity index (χ3v) is 48.7. The third kappa shape index (κ3) is 25.1. The summed E-state index contributed by atoms with van der Waals surface area (Å²) in [5.74, 6) is 1.44. The van der Waals surface area contributed by atoms with Crippen LogP contribution >= 0.6 is 204 Å². The Morgan fingerprint density at radius 2 is 0.634 bits per heavy atom. The molecule has 0 unspecified atom stereocenters. The molecule has 0 aliphatic heterocycles. The van der Waals surface area contributed by atoms with Crippen LogP contribution < -0.4 is 0 Å². The summed E-state index contributed by atoms with van der Waals surface area (Å²) in [7, 11) is 0. The Morgan fingerprint density at radius 3 is 0.977 bits per heavy atom. The van der Waals surface area contributed by atoms with Gasteiger partial charge >= 0.3 is 0 Å². The summed E-state index contributed by atoms with van der Waals surface area (Å²) in [5.41, 5.74) is 30.8. The lowest BCUT2D eigenvalue weighted by Crippen LogP contribution is -2.22. The van der Waals surface area contributed by atoms with Gasteiger partial charge in [0.15, 0.2) is 0 Å². The molecule has 18 heteroatoms. The van der Waals surface area contributed by atoms with E-state index in [9.17, 15) is 0 Å². The molecule has 0 saturated heterocycles. The molecule has 19 aromatic rings. The summed E-state index contributed by atoms with van der Waals surface area (Å²) >= 11 is 34.6. The van der Waals surface area contributed by atoms with Crippen LogP contribution in [0.4, 0.5) is 0 Å². The second kappa shape index (κ2) is 43.1. The highest BCUT2D eigenvalue weighted by Crippen LogP contribution is 2.52. The van der Waals surface area contributed by atoms with Crippen molar-refractivity contribution in [2.45, 2.75) is 337 Å². The standard InChI is InChI=1S/C26H36S2.2C13H18S2.2C12H16S2.C11H14S2.C10H12S2.C9H10S2.C7H6S2/c1-15-12-20-22(27-15)16(2)23(28-20)21-18(25(6,7)8)13-17(24(3,4)5)14-19(21)26(9,10)11;2*1-8-7-14-12-9(2)10(15-11(8)12)6-13(3,4)5;1-7-6-13-10-8(2)11(12(3,4)5)14-9(7)10;1-7(2)5-10-9(4)12-11(14-10)8(3)6-13-12;1-6(2)9-8(4)11-10(13-9)7(3)5-12-11;1-4-8-7(3)10-9(12-8)6(2)5-11-10;1-5-4-10-9-6(2)7(3)11-8(5)9;1-5-4-9-6-2-3-8-7(5)6/h12-14H,1-11H3;2*7H,6H2,1-5H3;6H,1-5H3;6-7H,5H2,1-4H3;5-6H,1-4H3;5H,4H2,1-3H3;4H,1-3H3;2-4H,1H3. The maximum Gasteiger partial charge on any atom is 0.0489 e. The fourth-order valence-corrected chi connectivity index (χ4v) is 39.4. The van der Waals surface area contributed by atoms with E-state index in [1.807, 2.05) is 204 Å². The molecule has 0 nitrogen and oxygen atoms in total. The minimum atomic E-state index is 0.0936. The summed E-state index contributed by atoms with van der Waals surface area (Å²) in [6.45, 7) is 93.4. The molecule has 0 fully saturated rings. The average Bonchev–Trinajstić information content (AvgIpc) is 1.69. The number of hydrogen-bond acceptors (Lipinski definition) is 18. The minimum absolute atomic E-state index is 0.0936. The summed E-state index contributed by atoms with van der Waals surface area (Å²) in [5, 5.41) is 20.2. The molecule has 0 aliphatic carbocycles. The van der Waals surface area contributed by atoms with Gasteiger partial charge in [0.05, 0.1) is 0 Å². The molecule has 0 N–H and O–H groups in total. The molecular formula is C113H146S18. The van der Waals surface area contributed by atoms with Gasteiger partial charge in [-0.05, 0) is 366 Å². The summed E-state index contributed by atoms with van der Waals surface area (Å²) < 4.78 is 26.9. The van der Waals surface area contributed by atoms with Crippen LogP contribution in [-0.4, -0.2) is 0 Å². The number of rotatable bonds is 7. The smallest absolute Gasteiger partial charge is 0.0489 e. The van der Waals surface area contributed by atoms with E-state index in [0.29, 0.717) is 22.2 Å². The van der Waals surface area contributed by atoms with Crippen molar-refractivity contribution in [1.82, 2.24) is 0 Å². The van der Waals surface area contributed by atoms with E-state index in [1.165, 1.54) is 236 Å². The lowest BCUT2D eigenvalue weighted by Gasteiger charge is -2.33. The molecular weight excluding hydrogens is 1930 g/mol. The molecule has 0 saturated carbocycles.